The molecular weight excluding hydrogens is 384 g/mol. The van der Waals surface area contributed by atoms with Crippen molar-refractivity contribution in [3.05, 3.63) is 95.1 Å². The predicted octanol–water partition coefficient (Wildman–Crippen LogP) is 4.53. The van der Waals surface area contributed by atoms with Gasteiger partial charge in [0.15, 0.2) is 11.6 Å². The molecule has 0 aromatic heterocycles. The summed E-state index contributed by atoms with van der Waals surface area (Å²) in [4.78, 5) is 47.4. The monoisotopic (exact) mass is 402 g/mol. The Kier molecular flexibility index (Phi) is 6.17. The van der Waals surface area contributed by atoms with E-state index in [4.69, 9.17) is 9.47 Å². The molecule has 0 fully saturated rings. The van der Waals surface area contributed by atoms with Gasteiger partial charge in [0.1, 0.15) is 11.5 Å². The Hall–Kier alpha value is -4.06. The quantitative estimate of drug-likeness (QED) is 0.342. The Morgan fingerprint density at radius 1 is 0.533 bits per heavy atom. The molecule has 0 aliphatic heterocycles. The molecule has 0 aliphatic rings. The van der Waals surface area contributed by atoms with Gasteiger partial charge in [0, 0.05) is 11.1 Å². The second-order valence-electron chi connectivity index (χ2n) is 6.52. The average Bonchev–Trinajstić information content (AvgIpc) is 2.74. The number of Topliss-reactive ketones (excluding diaryl/α,β-unsaturated/α-hetero) is 2. The number of carbonyl (C=O) groups is 4. The molecule has 150 valence electrons. The van der Waals surface area contributed by atoms with Crippen molar-refractivity contribution in [2.45, 2.75) is 13.8 Å². The van der Waals surface area contributed by atoms with E-state index in [9.17, 15) is 19.2 Å². The fourth-order valence-electron chi connectivity index (χ4n) is 2.62. The SMILES string of the molecule is CC(=O)c1ccc(OC(=O)c2cccc(C(=O)Oc3ccc(C(C)=O)cc3)c2)cc1. The van der Waals surface area contributed by atoms with E-state index in [-0.39, 0.29) is 34.2 Å². The number of carbonyl (C=O) groups excluding carboxylic acids is 4. The van der Waals surface area contributed by atoms with Gasteiger partial charge in [-0.2, -0.15) is 0 Å². The van der Waals surface area contributed by atoms with Crippen LogP contribution in [0.2, 0.25) is 0 Å². The Morgan fingerprint density at radius 3 is 1.23 bits per heavy atom. The van der Waals surface area contributed by atoms with E-state index in [1.165, 1.54) is 56.3 Å². The summed E-state index contributed by atoms with van der Waals surface area (Å²) in [6.45, 7) is 2.90. The molecule has 6 nitrogen and oxygen atoms in total. The van der Waals surface area contributed by atoms with E-state index in [0.717, 1.165) is 0 Å². The van der Waals surface area contributed by atoms with Gasteiger partial charge >= 0.3 is 11.9 Å². The standard InChI is InChI=1S/C24H18O6/c1-15(25)17-6-10-21(11-7-17)29-23(27)19-4-3-5-20(14-19)24(28)30-22-12-8-18(9-13-22)16(2)26/h3-14H,1-2H3. The van der Waals surface area contributed by atoms with Crippen LogP contribution < -0.4 is 9.47 Å². The van der Waals surface area contributed by atoms with Crippen molar-refractivity contribution < 1.29 is 28.7 Å². The summed E-state index contributed by atoms with van der Waals surface area (Å²) in [6, 6.07) is 18.3. The van der Waals surface area contributed by atoms with Gasteiger partial charge in [-0.25, -0.2) is 9.59 Å². The van der Waals surface area contributed by atoms with Gasteiger partial charge in [-0.05, 0) is 80.6 Å². The molecule has 0 radical (unpaired) electrons. The Balaban J connectivity index is 1.69. The van der Waals surface area contributed by atoms with Gasteiger partial charge in [-0.1, -0.05) is 6.07 Å². The molecule has 0 saturated heterocycles. The highest BCUT2D eigenvalue weighted by Crippen LogP contribution is 2.17. The average molecular weight is 402 g/mol. The number of hydrogen-bond donors (Lipinski definition) is 0. The van der Waals surface area contributed by atoms with Crippen molar-refractivity contribution in [1.82, 2.24) is 0 Å². The van der Waals surface area contributed by atoms with Gasteiger partial charge < -0.3 is 9.47 Å². The molecule has 3 aromatic carbocycles. The van der Waals surface area contributed by atoms with Crippen molar-refractivity contribution in [1.29, 1.82) is 0 Å². The van der Waals surface area contributed by atoms with Crippen molar-refractivity contribution in [2.75, 3.05) is 0 Å². The lowest BCUT2D eigenvalue weighted by Crippen LogP contribution is -2.12. The van der Waals surface area contributed by atoms with Crippen molar-refractivity contribution in [3.63, 3.8) is 0 Å². The third kappa shape index (κ3) is 5.05. The van der Waals surface area contributed by atoms with Crippen LogP contribution in [0.1, 0.15) is 55.3 Å². The van der Waals surface area contributed by atoms with Crippen LogP contribution in [0.5, 0.6) is 11.5 Å². The first kappa shape index (κ1) is 20.7. The first-order valence-corrected chi connectivity index (χ1v) is 9.10. The lowest BCUT2D eigenvalue weighted by atomic mass is 10.1. The van der Waals surface area contributed by atoms with E-state index in [0.29, 0.717) is 11.1 Å². The molecule has 0 amide bonds. The van der Waals surface area contributed by atoms with E-state index < -0.39 is 11.9 Å². The maximum absolute atomic E-state index is 12.4. The molecule has 0 heterocycles. The minimum absolute atomic E-state index is 0.0879. The molecule has 6 heteroatoms. The second-order valence-corrected chi connectivity index (χ2v) is 6.52. The zero-order chi connectivity index (χ0) is 21.7. The molecule has 3 aromatic rings. The van der Waals surface area contributed by atoms with Crippen molar-refractivity contribution in [2.24, 2.45) is 0 Å². The largest absolute Gasteiger partial charge is 0.423 e. The lowest BCUT2D eigenvalue weighted by Gasteiger charge is -2.07. The van der Waals surface area contributed by atoms with Gasteiger partial charge in [0.2, 0.25) is 0 Å². The third-order valence-corrected chi connectivity index (χ3v) is 4.28. The fraction of sp³-hybridized carbons (Fsp3) is 0.0833. The molecule has 0 atom stereocenters. The molecule has 30 heavy (non-hydrogen) atoms. The number of ketones is 2. The van der Waals surface area contributed by atoms with Crippen LogP contribution in [0.25, 0.3) is 0 Å². The van der Waals surface area contributed by atoms with Crippen molar-refractivity contribution in [3.8, 4) is 11.5 Å². The van der Waals surface area contributed by atoms with E-state index in [2.05, 4.69) is 0 Å². The Labute approximate surface area is 173 Å². The zero-order valence-corrected chi connectivity index (χ0v) is 16.4. The normalized spacial score (nSPS) is 10.2. The minimum Gasteiger partial charge on any atom is -0.423 e. The first-order valence-electron chi connectivity index (χ1n) is 9.10. The zero-order valence-electron chi connectivity index (χ0n) is 16.4. The second kappa shape index (κ2) is 8.96. The van der Waals surface area contributed by atoms with Crippen LogP contribution in [0.4, 0.5) is 0 Å². The number of ether oxygens (including phenoxy) is 2. The smallest absolute Gasteiger partial charge is 0.343 e. The predicted molar refractivity (Wildman–Crippen MR) is 109 cm³/mol. The number of benzene rings is 3. The van der Waals surface area contributed by atoms with E-state index >= 15 is 0 Å². The molecule has 0 aliphatic carbocycles. The van der Waals surface area contributed by atoms with Crippen LogP contribution in [-0.4, -0.2) is 23.5 Å². The molecule has 3 rings (SSSR count). The summed E-state index contributed by atoms with van der Waals surface area (Å²) in [5.41, 5.74) is 1.37. The Morgan fingerprint density at radius 2 is 0.900 bits per heavy atom. The van der Waals surface area contributed by atoms with Gasteiger partial charge in [-0.15, -0.1) is 0 Å². The van der Waals surface area contributed by atoms with Gasteiger partial charge in [-0.3, -0.25) is 9.59 Å². The minimum atomic E-state index is -0.647. The fourth-order valence-corrected chi connectivity index (χ4v) is 2.62. The summed E-state index contributed by atoms with van der Waals surface area (Å²) < 4.78 is 10.6. The topological polar surface area (TPSA) is 86.7 Å². The highest BCUT2D eigenvalue weighted by atomic mass is 16.5. The molecular formula is C24H18O6. The molecule has 0 saturated carbocycles. The van der Waals surface area contributed by atoms with Crippen LogP contribution >= 0.6 is 0 Å². The molecule has 0 unspecified atom stereocenters. The van der Waals surface area contributed by atoms with Crippen molar-refractivity contribution >= 4 is 23.5 Å². The molecule has 0 bridgehead atoms. The van der Waals surface area contributed by atoms with E-state index in [1.54, 1.807) is 30.3 Å². The van der Waals surface area contributed by atoms with Crippen LogP contribution in [0.15, 0.2) is 72.8 Å². The summed E-state index contributed by atoms with van der Waals surface area (Å²) >= 11 is 0. The summed E-state index contributed by atoms with van der Waals surface area (Å²) in [6.07, 6.45) is 0. The van der Waals surface area contributed by atoms with Gasteiger partial charge in [0.05, 0.1) is 11.1 Å². The highest BCUT2D eigenvalue weighted by Gasteiger charge is 2.14. The Bertz CT molecular complexity index is 1020. The van der Waals surface area contributed by atoms with Crippen LogP contribution in [-0.2, 0) is 0 Å². The van der Waals surface area contributed by atoms with Gasteiger partial charge in [0.25, 0.3) is 0 Å². The lowest BCUT2D eigenvalue weighted by molar-refractivity contribution is 0.0734. The van der Waals surface area contributed by atoms with Crippen LogP contribution in [0, 0.1) is 0 Å². The molecule has 0 N–H and O–H groups in total. The number of esters is 2. The number of rotatable bonds is 6. The third-order valence-electron chi connectivity index (χ3n) is 4.28. The van der Waals surface area contributed by atoms with Crippen LogP contribution in [0.3, 0.4) is 0 Å². The maximum atomic E-state index is 12.4. The number of hydrogen-bond acceptors (Lipinski definition) is 6. The highest BCUT2D eigenvalue weighted by molar-refractivity contribution is 5.97. The van der Waals surface area contributed by atoms with E-state index in [1.807, 2.05) is 0 Å². The maximum Gasteiger partial charge on any atom is 0.343 e. The molecule has 0 spiro atoms. The summed E-state index contributed by atoms with van der Waals surface area (Å²) in [7, 11) is 0. The summed E-state index contributed by atoms with van der Waals surface area (Å²) in [5, 5.41) is 0. The summed E-state index contributed by atoms with van der Waals surface area (Å²) in [5.74, 6) is -0.908. The first-order chi connectivity index (χ1) is 14.3.